The van der Waals surface area contributed by atoms with E-state index in [4.69, 9.17) is 9.84 Å². The lowest BCUT2D eigenvalue weighted by molar-refractivity contribution is -0.131. The lowest BCUT2D eigenvalue weighted by Gasteiger charge is -2.08. The van der Waals surface area contributed by atoms with Crippen molar-refractivity contribution in [3.63, 3.8) is 0 Å². The first-order chi connectivity index (χ1) is 11.5. The van der Waals surface area contributed by atoms with Crippen LogP contribution in [0.3, 0.4) is 0 Å². The number of hydrogen-bond acceptors (Lipinski definition) is 3. The van der Waals surface area contributed by atoms with Crippen molar-refractivity contribution in [2.45, 2.75) is 6.61 Å². The van der Waals surface area contributed by atoms with Crippen molar-refractivity contribution in [1.82, 2.24) is 0 Å². The van der Waals surface area contributed by atoms with Gasteiger partial charge in [0.2, 0.25) is 0 Å². The van der Waals surface area contributed by atoms with Gasteiger partial charge >= 0.3 is 12.1 Å². The summed E-state index contributed by atoms with van der Waals surface area (Å²) in [4.78, 5) is 22.0. The molecule has 124 valence electrons. The number of ether oxygens (including phenoxy) is 1. The maximum Gasteiger partial charge on any atom is 0.411 e. The number of anilines is 1. The van der Waals surface area contributed by atoms with Gasteiger partial charge in [0.1, 0.15) is 18.2 Å². The second-order valence-corrected chi connectivity index (χ2v) is 4.71. The zero-order valence-electron chi connectivity index (χ0n) is 12.3. The largest absolute Gasteiger partial charge is 0.478 e. The topological polar surface area (TPSA) is 75.6 Å². The number of carboxylic acids is 1. The second-order valence-electron chi connectivity index (χ2n) is 4.71. The first-order valence-corrected chi connectivity index (χ1v) is 6.83. The standard InChI is InChI=1S/C17H13F2NO4/c18-14-8-12(9-15(19)13(14)6-7-16(21)22)20-17(23)24-10-11-4-2-1-3-5-11/h1-9H,10H2,(H,20,23)(H,21,22). The van der Waals surface area contributed by atoms with Crippen LogP contribution in [0.5, 0.6) is 0 Å². The van der Waals surface area contributed by atoms with Gasteiger partial charge in [0.15, 0.2) is 0 Å². The molecule has 2 aromatic carbocycles. The molecule has 0 saturated heterocycles. The Hall–Kier alpha value is -3.22. The molecule has 1 amide bonds. The van der Waals surface area contributed by atoms with Gasteiger partial charge in [0.05, 0.1) is 0 Å². The molecule has 0 aromatic heterocycles. The molecule has 2 rings (SSSR count). The average molecular weight is 333 g/mol. The number of benzene rings is 2. The molecule has 0 unspecified atom stereocenters. The Bertz CT molecular complexity index is 752. The SMILES string of the molecule is O=C(O)C=Cc1c(F)cc(NC(=O)OCc2ccccc2)cc1F. The molecule has 0 fully saturated rings. The first-order valence-electron chi connectivity index (χ1n) is 6.83. The van der Waals surface area contributed by atoms with Crippen LogP contribution in [0.1, 0.15) is 11.1 Å². The van der Waals surface area contributed by atoms with Crippen molar-refractivity contribution in [2.75, 3.05) is 5.32 Å². The van der Waals surface area contributed by atoms with Crippen molar-refractivity contribution in [3.8, 4) is 0 Å². The van der Waals surface area contributed by atoms with E-state index in [9.17, 15) is 18.4 Å². The quantitative estimate of drug-likeness (QED) is 0.816. The van der Waals surface area contributed by atoms with Crippen molar-refractivity contribution in [1.29, 1.82) is 0 Å². The highest BCUT2D eigenvalue weighted by atomic mass is 19.1. The van der Waals surface area contributed by atoms with Gasteiger partial charge in [-0.2, -0.15) is 0 Å². The van der Waals surface area contributed by atoms with E-state index in [1.807, 2.05) is 6.07 Å². The fourth-order valence-corrected chi connectivity index (χ4v) is 1.85. The molecule has 0 aliphatic heterocycles. The monoisotopic (exact) mass is 333 g/mol. The molecule has 0 aliphatic rings. The minimum Gasteiger partial charge on any atom is -0.478 e. The van der Waals surface area contributed by atoms with Gasteiger partial charge in [0, 0.05) is 17.3 Å². The number of rotatable bonds is 5. The van der Waals surface area contributed by atoms with Gasteiger partial charge in [-0.3, -0.25) is 5.32 Å². The van der Waals surface area contributed by atoms with E-state index in [0.29, 0.717) is 6.08 Å². The highest BCUT2D eigenvalue weighted by Gasteiger charge is 2.11. The number of nitrogens with one attached hydrogen (secondary N) is 1. The lowest BCUT2D eigenvalue weighted by Crippen LogP contribution is -2.14. The predicted molar refractivity (Wildman–Crippen MR) is 83.3 cm³/mol. The highest BCUT2D eigenvalue weighted by molar-refractivity contribution is 5.86. The Morgan fingerprint density at radius 1 is 1.12 bits per heavy atom. The van der Waals surface area contributed by atoms with E-state index in [-0.39, 0.29) is 12.3 Å². The minimum absolute atomic E-state index is 0.0110. The van der Waals surface area contributed by atoms with Crippen LogP contribution in [-0.4, -0.2) is 17.2 Å². The van der Waals surface area contributed by atoms with E-state index in [1.165, 1.54) is 0 Å². The lowest BCUT2D eigenvalue weighted by atomic mass is 10.1. The number of hydrogen-bond donors (Lipinski definition) is 2. The molecule has 2 aromatic rings. The van der Waals surface area contributed by atoms with Crippen LogP contribution < -0.4 is 5.32 Å². The number of carboxylic acid groups (broad SMARTS) is 1. The van der Waals surface area contributed by atoms with Gasteiger partial charge in [-0.15, -0.1) is 0 Å². The summed E-state index contributed by atoms with van der Waals surface area (Å²) in [7, 11) is 0. The Morgan fingerprint density at radius 2 is 1.75 bits per heavy atom. The first kappa shape index (κ1) is 17.1. The van der Waals surface area contributed by atoms with Gasteiger partial charge in [-0.25, -0.2) is 18.4 Å². The number of carbonyl (C=O) groups excluding carboxylic acids is 1. The van der Waals surface area contributed by atoms with E-state index in [2.05, 4.69) is 5.32 Å². The maximum atomic E-state index is 13.8. The van der Waals surface area contributed by atoms with Crippen LogP contribution in [-0.2, 0) is 16.1 Å². The molecule has 5 nitrogen and oxygen atoms in total. The van der Waals surface area contributed by atoms with E-state index >= 15 is 0 Å². The predicted octanol–water partition coefficient (Wildman–Crippen LogP) is 3.81. The third-order valence-corrected chi connectivity index (χ3v) is 2.93. The number of carbonyl (C=O) groups is 2. The Labute approximate surface area is 136 Å². The van der Waals surface area contributed by atoms with Gasteiger partial charge in [-0.1, -0.05) is 30.3 Å². The summed E-state index contributed by atoms with van der Waals surface area (Å²) in [5, 5.41) is 10.7. The summed E-state index contributed by atoms with van der Waals surface area (Å²) in [6.07, 6.45) is 0.541. The maximum absolute atomic E-state index is 13.8. The Kier molecular flexibility index (Phi) is 5.62. The fraction of sp³-hybridized carbons (Fsp3) is 0.0588. The molecule has 0 radical (unpaired) electrons. The van der Waals surface area contributed by atoms with E-state index in [0.717, 1.165) is 23.8 Å². The fourth-order valence-electron chi connectivity index (χ4n) is 1.85. The summed E-state index contributed by atoms with van der Waals surface area (Å²) in [5.74, 6) is -3.35. The molecule has 24 heavy (non-hydrogen) atoms. The molecular weight excluding hydrogens is 320 g/mol. The van der Waals surface area contributed by atoms with Crippen LogP contribution in [0.15, 0.2) is 48.5 Å². The van der Waals surface area contributed by atoms with Crippen LogP contribution in [0.2, 0.25) is 0 Å². The molecule has 0 aliphatic carbocycles. The third-order valence-electron chi connectivity index (χ3n) is 2.93. The summed E-state index contributed by atoms with van der Waals surface area (Å²) >= 11 is 0. The summed E-state index contributed by atoms with van der Waals surface area (Å²) in [5.41, 5.74) is 0.107. The summed E-state index contributed by atoms with van der Waals surface area (Å²) in [6.45, 7) is 0.0110. The molecule has 0 spiro atoms. The number of aliphatic carboxylic acids is 1. The van der Waals surface area contributed by atoms with Crippen LogP contribution >= 0.6 is 0 Å². The van der Waals surface area contributed by atoms with Crippen molar-refractivity contribution in [2.24, 2.45) is 0 Å². The van der Waals surface area contributed by atoms with Gasteiger partial charge < -0.3 is 9.84 Å². The van der Waals surface area contributed by atoms with E-state index in [1.54, 1.807) is 24.3 Å². The molecule has 0 saturated carbocycles. The Balaban J connectivity index is 2.02. The third kappa shape index (κ3) is 4.91. The van der Waals surface area contributed by atoms with E-state index < -0.39 is 29.3 Å². The summed E-state index contributed by atoms with van der Waals surface area (Å²) in [6, 6.07) is 10.6. The smallest absolute Gasteiger partial charge is 0.411 e. The number of amides is 1. The minimum atomic E-state index is -1.33. The van der Waals surface area contributed by atoms with Gasteiger partial charge in [-0.05, 0) is 23.8 Å². The summed E-state index contributed by atoms with van der Waals surface area (Å²) < 4.78 is 32.5. The normalized spacial score (nSPS) is 10.6. The molecule has 7 heteroatoms. The highest BCUT2D eigenvalue weighted by Crippen LogP contribution is 2.20. The molecule has 0 bridgehead atoms. The van der Waals surface area contributed by atoms with Crippen molar-refractivity contribution in [3.05, 3.63) is 71.3 Å². The van der Waals surface area contributed by atoms with Crippen LogP contribution in [0.4, 0.5) is 19.3 Å². The molecular formula is C17H13F2NO4. The van der Waals surface area contributed by atoms with Crippen molar-refractivity contribution >= 4 is 23.8 Å². The zero-order chi connectivity index (χ0) is 17.5. The molecule has 0 heterocycles. The van der Waals surface area contributed by atoms with Crippen LogP contribution in [0, 0.1) is 11.6 Å². The van der Waals surface area contributed by atoms with Crippen molar-refractivity contribution < 1.29 is 28.2 Å². The number of halogens is 2. The average Bonchev–Trinajstić information content (AvgIpc) is 2.53. The Morgan fingerprint density at radius 3 is 2.33 bits per heavy atom. The molecule has 2 N–H and O–H groups in total. The second kappa shape index (κ2) is 7.87. The van der Waals surface area contributed by atoms with Gasteiger partial charge in [0.25, 0.3) is 0 Å². The van der Waals surface area contributed by atoms with Crippen LogP contribution in [0.25, 0.3) is 6.08 Å². The zero-order valence-corrected chi connectivity index (χ0v) is 12.3. The molecule has 0 atom stereocenters.